The Bertz CT molecular complexity index is 571. The van der Waals surface area contributed by atoms with Crippen molar-refractivity contribution in [3.8, 4) is 11.3 Å². The highest BCUT2D eigenvalue weighted by Crippen LogP contribution is 2.31. The van der Waals surface area contributed by atoms with Gasteiger partial charge >= 0.3 is 0 Å². The number of benzene rings is 1. The summed E-state index contributed by atoms with van der Waals surface area (Å²) in [6.07, 6.45) is 0. The largest absolute Gasteiger partial charge is 0.268 e. The van der Waals surface area contributed by atoms with Gasteiger partial charge in [0.25, 0.3) is 0 Å². The molecule has 0 spiro atoms. The lowest BCUT2D eigenvalue weighted by atomic mass is 9.92. The topological polar surface area (TPSA) is 17.8 Å². The SMILES string of the molecule is Cc1cc(C)c(C)c(-c2cc(CS)nn2C)c1C. The molecule has 96 valence electrons. The minimum atomic E-state index is 0.677. The molecule has 0 bridgehead atoms. The van der Waals surface area contributed by atoms with Crippen molar-refractivity contribution in [2.75, 3.05) is 0 Å². The second-order valence-corrected chi connectivity index (χ2v) is 5.25. The Morgan fingerprint density at radius 2 is 1.61 bits per heavy atom. The Morgan fingerprint density at radius 1 is 1.06 bits per heavy atom. The van der Waals surface area contributed by atoms with Crippen molar-refractivity contribution in [3.05, 3.63) is 40.1 Å². The van der Waals surface area contributed by atoms with E-state index in [0.29, 0.717) is 5.75 Å². The standard InChI is InChI=1S/C15H20N2S/c1-9-6-10(2)12(4)15(11(9)3)14-7-13(8-18)16-17(14)5/h6-7,18H,8H2,1-5H3. The van der Waals surface area contributed by atoms with Crippen molar-refractivity contribution >= 4 is 12.6 Å². The van der Waals surface area contributed by atoms with Crippen molar-refractivity contribution in [1.82, 2.24) is 9.78 Å². The Labute approximate surface area is 114 Å². The number of thiol groups is 1. The van der Waals surface area contributed by atoms with Crippen LogP contribution >= 0.6 is 12.6 Å². The predicted molar refractivity (Wildman–Crippen MR) is 80.3 cm³/mol. The molecule has 0 N–H and O–H groups in total. The molecule has 2 aromatic rings. The monoisotopic (exact) mass is 260 g/mol. The second-order valence-electron chi connectivity index (χ2n) is 4.94. The maximum atomic E-state index is 4.49. The highest BCUT2D eigenvalue weighted by Gasteiger charge is 2.14. The molecule has 0 amide bonds. The first-order valence-electron chi connectivity index (χ1n) is 6.17. The van der Waals surface area contributed by atoms with Crippen LogP contribution in [-0.4, -0.2) is 9.78 Å². The van der Waals surface area contributed by atoms with Crippen molar-refractivity contribution in [2.45, 2.75) is 33.4 Å². The first-order valence-corrected chi connectivity index (χ1v) is 6.80. The first-order chi connectivity index (χ1) is 8.45. The number of aromatic nitrogens is 2. The van der Waals surface area contributed by atoms with Gasteiger partial charge in [0.2, 0.25) is 0 Å². The van der Waals surface area contributed by atoms with E-state index in [1.54, 1.807) is 0 Å². The van der Waals surface area contributed by atoms with Crippen molar-refractivity contribution in [2.24, 2.45) is 7.05 Å². The Hall–Kier alpha value is -1.22. The summed E-state index contributed by atoms with van der Waals surface area (Å²) >= 11 is 4.30. The van der Waals surface area contributed by atoms with Gasteiger partial charge in [-0.1, -0.05) is 6.07 Å². The molecule has 0 aliphatic rings. The van der Waals surface area contributed by atoms with Gasteiger partial charge in [-0.25, -0.2) is 0 Å². The predicted octanol–water partition coefficient (Wildman–Crippen LogP) is 3.75. The maximum absolute atomic E-state index is 4.49. The maximum Gasteiger partial charge on any atom is 0.0727 e. The van der Waals surface area contributed by atoms with Crippen LogP contribution in [0.5, 0.6) is 0 Å². The molecule has 0 atom stereocenters. The fourth-order valence-corrected chi connectivity index (χ4v) is 2.59. The van der Waals surface area contributed by atoms with Crippen LogP contribution in [0.25, 0.3) is 11.3 Å². The molecule has 3 heteroatoms. The summed E-state index contributed by atoms with van der Waals surface area (Å²) in [6.45, 7) is 8.71. The van der Waals surface area contributed by atoms with E-state index in [1.165, 1.54) is 33.5 Å². The van der Waals surface area contributed by atoms with E-state index in [0.717, 1.165) is 5.69 Å². The fourth-order valence-electron chi connectivity index (χ4n) is 2.44. The lowest BCUT2D eigenvalue weighted by Crippen LogP contribution is -2.00. The summed E-state index contributed by atoms with van der Waals surface area (Å²) in [5, 5.41) is 4.49. The van der Waals surface area contributed by atoms with Gasteiger partial charge < -0.3 is 0 Å². The van der Waals surface area contributed by atoms with Gasteiger partial charge in [0.05, 0.1) is 11.4 Å². The lowest BCUT2D eigenvalue weighted by Gasteiger charge is -2.15. The molecular weight excluding hydrogens is 240 g/mol. The molecule has 1 heterocycles. The molecule has 2 nitrogen and oxygen atoms in total. The highest BCUT2D eigenvalue weighted by molar-refractivity contribution is 7.79. The summed E-state index contributed by atoms with van der Waals surface area (Å²) in [5.41, 5.74) is 8.87. The summed E-state index contributed by atoms with van der Waals surface area (Å²) in [6, 6.07) is 4.39. The Kier molecular flexibility index (Phi) is 3.53. The first kappa shape index (κ1) is 13.2. The third kappa shape index (κ3) is 2.07. The van der Waals surface area contributed by atoms with E-state index in [1.807, 2.05) is 11.7 Å². The van der Waals surface area contributed by atoms with Gasteiger partial charge in [0.1, 0.15) is 0 Å². The van der Waals surface area contributed by atoms with Crippen LogP contribution < -0.4 is 0 Å². The average Bonchev–Trinajstić information content (AvgIpc) is 2.69. The zero-order valence-corrected chi connectivity index (χ0v) is 12.6. The van der Waals surface area contributed by atoms with E-state index in [-0.39, 0.29) is 0 Å². The molecule has 0 unspecified atom stereocenters. The van der Waals surface area contributed by atoms with Crippen LogP contribution in [0.3, 0.4) is 0 Å². The molecule has 0 fully saturated rings. The van der Waals surface area contributed by atoms with Crippen LogP contribution in [0.2, 0.25) is 0 Å². The van der Waals surface area contributed by atoms with Gasteiger partial charge in [-0.2, -0.15) is 17.7 Å². The van der Waals surface area contributed by atoms with Gasteiger partial charge in [-0.15, -0.1) is 0 Å². The molecule has 1 aromatic carbocycles. The molecule has 0 saturated heterocycles. The van der Waals surface area contributed by atoms with Gasteiger partial charge in [-0.3, -0.25) is 4.68 Å². The molecule has 0 saturated carbocycles. The molecule has 0 radical (unpaired) electrons. The number of aryl methyl sites for hydroxylation is 3. The van der Waals surface area contributed by atoms with E-state index in [9.17, 15) is 0 Å². The van der Waals surface area contributed by atoms with Crippen LogP contribution in [-0.2, 0) is 12.8 Å². The normalized spacial score (nSPS) is 11.0. The summed E-state index contributed by atoms with van der Waals surface area (Å²) in [7, 11) is 2.00. The molecular formula is C15H20N2S. The third-order valence-corrected chi connectivity index (χ3v) is 4.04. The summed E-state index contributed by atoms with van der Waals surface area (Å²) in [5.74, 6) is 0.677. The van der Waals surface area contributed by atoms with Crippen molar-refractivity contribution in [3.63, 3.8) is 0 Å². The van der Waals surface area contributed by atoms with Crippen molar-refractivity contribution < 1.29 is 0 Å². The summed E-state index contributed by atoms with van der Waals surface area (Å²) in [4.78, 5) is 0. The minimum absolute atomic E-state index is 0.677. The molecule has 18 heavy (non-hydrogen) atoms. The molecule has 2 rings (SSSR count). The highest BCUT2D eigenvalue weighted by atomic mass is 32.1. The van der Waals surface area contributed by atoms with E-state index in [2.05, 4.69) is 57.6 Å². The van der Waals surface area contributed by atoms with Gasteiger partial charge in [0, 0.05) is 18.4 Å². The summed E-state index contributed by atoms with van der Waals surface area (Å²) < 4.78 is 1.96. The van der Waals surface area contributed by atoms with Crippen LogP contribution in [0.4, 0.5) is 0 Å². The van der Waals surface area contributed by atoms with Gasteiger partial charge in [0.15, 0.2) is 0 Å². The quantitative estimate of drug-likeness (QED) is 0.814. The zero-order valence-electron chi connectivity index (χ0n) is 11.7. The van der Waals surface area contributed by atoms with E-state index in [4.69, 9.17) is 0 Å². The Balaban J connectivity index is 2.73. The van der Waals surface area contributed by atoms with Crippen LogP contribution in [0, 0.1) is 27.7 Å². The van der Waals surface area contributed by atoms with Crippen LogP contribution in [0.15, 0.2) is 12.1 Å². The van der Waals surface area contributed by atoms with Crippen molar-refractivity contribution in [1.29, 1.82) is 0 Å². The lowest BCUT2D eigenvalue weighted by molar-refractivity contribution is 0.761. The molecule has 0 aliphatic carbocycles. The number of rotatable bonds is 2. The van der Waals surface area contributed by atoms with Crippen LogP contribution in [0.1, 0.15) is 27.9 Å². The average molecular weight is 260 g/mol. The third-order valence-electron chi connectivity index (χ3n) is 3.71. The number of hydrogen-bond donors (Lipinski definition) is 1. The molecule has 0 aliphatic heterocycles. The number of hydrogen-bond acceptors (Lipinski definition) is 2. The second kappa shape index (κ2) is 4.81. The molecule has 1 aromatic heterocycles. The fraction of sp³-hybridized carbons (Fsp3) is 0.400. The zero-order chi connectivity index (χ0) is 13.4. The van der Waals surface area contributed by atoms with E-state index < -0.39 is 0 Å². The smallest absolute Gasteiger partial charge is 0.0727 e. The minimum Gasteiger partial charge on any atom is -0.268 e. The number of nitrogens with zero attached hydrogens (tertiary/aromatic N) is 2. The Morgan fingerprint density at radius 3 is 2.06 bits per heavy atom. The van der Waals surface area contributed by atoms with E-state index >= 15 is 0 Å². The van der Waals surface area contributed by atoms with Gasteiger partial charge in [-0.05, 0) is 56.0 Å².